The van der Waals surface area contributed by atoms with Gasteiger partial charge in [-0.3, -0.25) is 4.79 Å². The predicted octanol–water partition coefficient (Wildman–Crippen LogP) is 4.63. The Morgan fingerprint density at radius 3 is 2.59 bits per heavy atom. The number of anilines is 2. The van der Waals surface area contributed by atoms with Crippen molar-refractivity contribution in [1.29, 1.82) is 0 Å². The van der Waals surface area contributed by atoms with E-state index in [1.807, 2.05) is 0 Å². The summed E-state index contributed by atoms with van der Waals surface area (Å²) < 4.78 is 48.9. The number of ether oxygens (including phenoxy) is 1. The van der Waals surface area contributed by atoms with Crippen LogP contribution in [0.2, 0.25) is 5.02 Å². The first kappa shape index (κ1) is 33.9. The fourth-order valence-corrected chi connectivity index (χ4v) is 8.62. The smallest absolute Gasteiger partial charge is 0.419 e. The summed E-state index contributed by atoms with van der Waals surface area (Å²) in [7, 11) is 2.16. The third-order valence-corrected chi connectivity index (χ3v) is 11.0. The van der Waals surface area contributed by atoms with E-state index in [2.05, 4.69) is 26.6 Å². The van der Waals surface area contributed by atoms with Crippen LogP contribution < -0.4 is 14.5 Å². The summed E-state index contributed by atoms with van der Waals surface area (Å²) in [6, 6.07) is 4.12. The molecule has 4 fully saturated rings. The number of nitrogens with zero attached hydrogens (tertiary/aromatic N) is 8. The Kier molecular flexibility index (Phi) is 8.94. The van der Waals surface area contributed by atoms with E-state index in [0.717, 1.165) is 51.1 Å². The highest BCUT2D eigenvalue weighted by Crippen LogP contribution is 2.50. The van der Waals surface area contributed by atoms with Crippen molar-refractivity contribution < 1.29 is 22.7 Å². The molecular formula is C35H42ClF3N8O2. The van der Waals surface area contributed by atoms with Gasteiger partial charge in [-0.25, -0.2) is 6.57 Å². The zero-order valence-corrected chi connectivity index (χ0v) is 28.7. The second kappa shape index (κ2) is 12.9. The molecule has 0 bridgehead atoms. The zero-order valence-electron chi connectivity index (χ0n) is 28.0. The highest BCUT2D eigenvalue weighted by Gasteiger charge is 2.54. The quantitative estimate of drug-likeness (QED) is 0.278. The number of allylic oxidation sites excluding steroid dienone is 1. The Morgan fingerprint density at radius 2 is 1.92 bits per heavy atom. The maximum Gasteiger partial charge on any atom is 0.419 e. The molecule has 3 saturated heterocycles. The van der Waals surface area contributed by atoms with Gasteiger partial charge in [0.25, 0.3) is 0 Å². The number of likely N-dealkylation sites (tertiary alicyclic amines) is 2. The van der Waals surface area contributed by atoms with E-state index in [9.17, 15) is 18.0 Å². The highest BCUT2D eigenvalue weighted by molar-refractivity contribution is 6.31. The molecule has 1 amide bonds. The molecule has 14 heteroatoms. The summed E-state index contributed by atoms with van der Waals surface area (Å²) in [5.41, 5.74) is 1.12. The zero-order chi connectivity index (χ0) is 34.6. The first-order chi connectivity index (χ1) is 23.4. The van der Waals surface area contributed by atoms with Gasteiger partial charge in [-0.15, -0.1) is 0 Å². The molecular weight excluding hydrogens is 657 g/mol. The number of aromatic nitrogens is 2. The molecule has 0 radical (unpaired) electrons. The van der Waals surface area contributed by atoms with E-state index in [1.54, 1.807) is 22.8 Å². The highest BCUT2D eigenvalue weighted by atomic mass is 35.5. The molecule has 1 aromatic heterocycles. The van der Waals surface area contributed by atoms with Gasteiger partial charge in [-0.1, -0.05) is 23.7 Å². The third-order valence-electron chi connectivity index (χ3n) is 10.7. The minimum Gasteiger partial charge on any atom is -0.463 e. The summed E-state index contributed by atoms with van der Waals surface area (Å²) in [5, 5.41) is -0.341. The number of rotatable bonds is 9. The minimum absolute atomic E-state index is 0.0171. The topological polar surface area (TPSA) is 72.6 Å². The first-order valence-electron chi connectivity index (χ1n) is 17.0. The first-order valence-corrected chi connectivity index (χ1v) is 17.3. The molecule has 10 nitrogen and oxygen atoms in total. The molecule has 1 aliphatic carbocycles. The summed E-state index contributed by atoms with van der Waals surface area (Å²) in [5.74, 6) is 0.535. The van der Waals surface area contributed by atoms with Crippen molar-refractivity contribution in [3.8, 4) is 6.01 Å². The summed E-state index contributed by atoms with van der Waals surface area (Å²) >= 11 is 6.09. The molecule has 4 aliphatic heterocycles. The van der Waals surface area contributed by atoms with E-state index in [0.29, 0.717) is 56.1 Å². The van der Waals surface area contributed by atoms with Crippen molar-refractivity contribution >= 4 is 29.0 Å². The number of carbonyl (C=O) groups is 1. The lowest BCUT2D eigenvalue weighted by Crippen LogP contribution is -2.71. The van der Waals surface area contributed by atoms with Crippen molar-refractivity contribution in [3.05, 3.63) is 63.6 Å². The van der Waals surface area contributed by atoms with Crippen molar-refractivity contribution in [2.45, 2.75) is 44.9 Å². The maximum atomic E-state index is 14.2. The molecule has 1 spiro atoms. The fourth-order valence-electron chi connectivity index (χ4n) is 8.34. The van der Waals surface area contributed by atoms with Crippen LogP contribution in [0.1, 0.15) is 36.6 Å². The SMILES string of the molecule is [C-]#[N+]CC1CN(c2nc(OCC3(CN4CC5(CN(C)C5)C4)CC3)nc3c2CCN(c2cccc(Cl)c2C(F)(F)F)C3)CCN1C(=O)/C=C/C. The lowest BCUT2D eigenvalue weighted by atomic mass is 9.73. The second-order valence-corrected chi connectivity index (χ2v) is 15.0. The summed E-state index contributed by atoms with van der Waals surface area (Å²) in [4.78, 5) is 36.6. The lowest BCUT2D eigenvalue weighted by molar-refractivity contribution is -0.137. The number of fused-ring (bicyclic) bond motifs is 1. The molecule has 262 valence electrons. The third kappa shape index (κ3) is 6.79. The Morgan fingerprint density at radius 1 is 1.14 bits per heavy atom. The Balaban J connectivity index is 1.15. The van der Waals surface area contributed by atoms with Gasteiger partial charge in [-0.2, -0.15) is 23.1 Å². The number of hydrogen-bond acceptors (Lipinski definition) is 8. The average Bonchev–Trinajstić information content (AvgIpc) is 3.80. The molecule has 1 unspecified atom stereocenters. The minimum atomic E-state index is -4.62. The van der Waals surface area contributed by atoms with Crippen molar-refractivity contribution in [2.24, 2.45) is 10.8 Å². The molecule has 7 rings (SSSR count). The number of benzene rings is 1. The van der Waals surface area contributed by atoms with Crippen molar-refractivity contribution in [3.63, 3.8) is 0 Å². The number of alkyl halides is 3. The fraction of sp³-hybridized carbons (Fsp3) is 0.600. The Bertz CT molecular complexity index is 1660. The molecule has 49 heavy (non-hydrogen) atoms. The predicted molar refractivity (Wildman–Crippen MR) is 181 cm³/mol. The second-order valence-electron chi connectivity index (χ2n) is 14.6. The van der Waals surface area contributed by atoms with Crippen LogP contribution in [0, 0.1) is 17.4 Å². The van der Waals surface area contributed by atoms with Crippen LogP contribution in [-0.2, 0) is 23.9 Å². The van der Waals surface area contributed by atoms with Crippen molar-refractivity contribution in [2.75, 3.05) is 88.9 Å². The monoisotopic (exact) mass is 698 g/mol. The van der Waals surface area contributed by atoms with E-state index in [1.165, 1.54) is 24.3 Å². The number of amides is 1. The van der Waals surface area contributed by atoms with Crippen LogP contribution in [-0.4, -0.2) is 116 Å². The molecule has 5 aliphatic rings. The van der Waals surface area contributed by atoms with Crippen LogP contribution in [0.15, 0.2) is 30.4 Å². The molecule has 1 aromatic carbocycles. The van der Waals surface area contributed by atoms with Gasteiger partial charge < -0.3 is 34.1 Å². The van der Waals surface area contributed by atoms with Gasteiger partial charge in [-0.05, 0) is 51.4 Å². The average molecular weight is 699 g/mol. The Hall–Kier alpha value is -3.60. The van der Waals surface area contributed by atoms with Gasteiger partial charge >= 0.3 is 12.2 Å². The van der Waals surface area contributed by atoms with Gasteiger partial charge in [0.2, 0.25) is 12.5 Å². The molecule has 1 saturated carbocycles. The Labute approximate surface area is 290 Å². The van der Waals surface area contributed by atoms with Crippen LogP contribution in [0.4, 0.5) is 24.7 Å². The van der Waals surface area contributed by atoms with Gasteiger partial charge in [0.05, 0.1) is 35.1 Å². The normalized spacial score (nSPS) is 23.2. The van der Waals surface area contributed by atoms with E-state index < -0.39 is 11.7 Å². The van der Waals surface area contributed by atoms with Crippen LogP contribution in [0.3, 0.4) is 0 Å². The summed E-state index contributed by atoms with van der Waals surface area (Å²) in [6.45, 7) is 17.2. The van der Waals surface area contributed by atoms with Crippen LogP contribution >= 0.6 is 11.6 Å². The number of carbonyl (C=O) groups excluding carboxylic acids is 1. The van der Waals surface area contributed by atoms with E-state index in [4.69, 9.17) is 32.9 Å². The van der Waals surface area contributed by atoms with E-state index >= 15 is 0 Å². The van der Waals surface area contributed by atoms with Crippen molar-refractivity contribution in [1.82, 2.24) is 24.7 Å². The van der Waals surface area contributed by atoms with Crippen LogP contribution in [0.5, 0.6) is 6.01 Å². The molecule has 1 atom stereocenters. The summed E-state index contributed by atoms with van der Waals surface area (Å²) in [6.07, 6.45) is 1.14. The molecule has 2 aromatic rings. The molecule has 0 N–H and O–H groups in total. The molecule has 5 heterocycles. The van der Waals surface area contributed by atoms with E-state index in [-0.39, 0.29) is 47.2 Å². The number of hydrogen-bond donors (Lipinski definition) is 0. The number of halogens is 4. The van der Waals surface area contributed by atoms with Crippen LogP contribution in [0.25, 0.3) is 4.85 Å². The van der Waals surface area contributed by atoms with Gasteiger partial charge in [0.15, 0.2) is 0 Å². The standard InChI is InChI=1S/C35H42ClF3N8O2/c1-4-6-29(48)47-14-13-46(16-24(47)15-40-2)31-25-9-12-45(28-8-5-7-26(36)30(28)35(37,38)39)17-27(25)41-32(42-31)49-23-33(10-11-33)20-44-21-34(22-44)18-43(3)19-34/h4-8,24H,9-23H2,1,3H3/b6-4+. The maximum absolute atomic E-state index is 14.2. The largest absolute Gasteiger partial charge is 0.463 e. The van der Waals surface area contributed by atoms with Gasteiger partial charge in [0, 0.05) is 75.3 Å². The lowest BCUT2D eigenvalue weighted by Gasteiger charge is -2.60. The van der Waals surface area contributed by atoms with Gasteiger partial charge in [0.1, 0.15) is 11.9 Å². The number of piperazine rings is 1.